The number of aryl methyl sites for hydroxylation is 1. The van der Waals surface area contributed by atoms with Gasteiger partial charge in [-0.25, -0.2) is 4.98 Å². The Hall–Kier alpha value is -3.37. The fourth-order valence-electron chi connectivity index (χ4n) is 4.46. The lowest BCUT2D eigenvalue weighted by atomic mass is 10.1. The zero-order valence-electron chi connectivity index (χ0n) is 19.9. The number of thiazole rings is 1. The summed E-state index contributed by atoms with van der Waals surface area (Å²) >= 11 is 1.64. The van der Waals surface area contributed by atoms with E-state index in [0.717, 1.165) is 39.8 Å². The van der Waals surface area contributed by atoms with E-state index in [0.29, 0.717) is 32.7 Å². The van der Waals surface area contributed by atoms with Crippen molar-refractivity contribution in [3.63, 3.8) is 0 Å². The Labute approximate surface area is 210 Å². The van der Waals surface area contributed by atoms with Crippen LogP contribution in [0.4, 0.5) is 13.2 Å². The van der Waals surface area contributed by atoms with Crippen LogP contribution in [0.3, 0.4) is 0 Å². The van der Waals surface area contributed by atoms with E-state index >= 15 is 0 Å². The predicted molar refractivity (Wildman–Crippen MR) is 132 cm³/mol. The summed E-state index contributed by atoms with van der Waals surface area (Å²) < 4.78 is 46.0. The van der Waals surface area contributed by atoms with Crippen molar-refractivity contribution in [3.8, 4) is 17.0 Å². The number of amides is 1. The number of carbonyl (C=O) groups is 1. The Kier molecular flexibility index (Phi) is 6.48. The van der Waals surface area contributed by atoms with E-state index in [2.05, 4.69) is 22.4 Å². The summed E-state index contributed by atoms with van der Waals surface area (Å²) in [6.07, 6.45) is -2.33. The number of hydrogen-bond acceptors (Lipinski definition) is 5. The molecule has 0 unspecified atom stereocenters. The molecular formula is C26H25F3N4O2S. The number of imidazole rings is 1. The maximum Gasteiger partial charge on any atom is 0.416 e. The summed E-state index contributed by atoms with van der Waals surface area (Å²) in [6.45, 7) is 5.02. The number of ether oxygens (including phenoxy) is 1. The molecule has 0 aliphatic carbocycles. The number of methoxy groups -OCH3 is 1. The summed E-state index contributed by atoms with van der Waals surface area (Å²) in [4.78, 5) is 23.8. The molecule has 6 nitrogen and oxygen atoms in total. The van der Waals surface area contributed by atoms with E-state index in [9.17, 15) is 18.0 Å². The van der Waals surface area contributed by atoms with Gasteiger partial charge in [0.15, 0.2) is 4.96 Å². The molecular weight excluding hydrogens is 489 g/mol. The minimum Gasteiger partial charge on any atom is -0.497 e. The molecule has 4 aromatic rings. The zero-order chi connectivity index (χ0) is 25.4. The summed E-state index contributed by atoms with van der Waals surface area (Å²) in [7, 11) is 1.64. The minimum atomic E-state index is -4.42. The van der Waals surface area contributed by atoms with Crippen LogP contribution in [-0.4, -0.2) is 58.4 Å². The van der Waals surface area contributed by atoms with E-state index in [-0.39, 0.29) is 11.5 Å². The molecule has 0 atom stereocenters. The molecule has 36 heavy (non-hydrogen) atoms. The quantitative estimate of drug-likeness (QED) is 0.360. The highest BCUT2D eigenvalue weighted by molar-refractivity contribution is 7.17. The normalized spacial score (nSPS) is 15.0. The van der Waals surface area contributed by atoms with Crippen LogP contribution < -0.4 is 4.74 Å². The van der Waals surface area contributed by atoms with Gasteiger partial charge in [-0.3, -0.25) is 14.1 Å². The number of piperazine rings is 1. The average molecular weight is 515 g/mol. The molecule has 2 aromatic carbocycles. The first-order valence-corrected chi connectivity index (χ1v) is 12.4. The molecule has 5 rings (SSSR count). The van der Waals surface area contributed by atoms with Crippen molar-refractivity contribution in [1.82, 2.24) is 19.2 Å². The van der Waals surface area contributed by atoms with E-state index in [4.69, 9.17) is 9.72 Å². The van der Waals surface area contributed by atoms with Crippen LogP contribution in [0.15, 0.2) is 54.7 Å². The van der Waals surface area contributed by atoms with E-state index < -0.39 is 11.7 Å². The molecule has 1 saturated heterocycles. The van der Waals surface area contributed by atoms with Gasteiger partial charge in [0.25, 0.3) is 5.91 Å². The van der Waals surface area contributed by atoms with Crippen molar-refractivity contribution < 1.29 is 22.7 Å². The molecule has 1 aliphatic rings. The summed E-state index contributed by atoms with van der Waals surface area (Å²) in [5.74, 6) is 0.516. The molecule has 0 radical (unpaired) electrons. The molecule has 1 aliphatic heterocycles. The molecule has 2 aromatic heterocycles. The second kappa shape index (κ2) is 9.59. The zero-order valence-corrected chi connectivity index (χ0v) is 20.7. The lowest BCUT2D eigenvalue weighted by Crippen LogP contribution is -2.48. The average Bonchev–Trinajstić information content (AvgIpc) is 3.40. The molecule has 1 fully saturated rings. The molecule has 0 saturated carbocycles. The third-order valence-electron chi connectivity index (χ3n) is 6.38. The first kappa shape index (κ1) is 24.3. The number of nitrogens with zero attached hydrogens (tertiary/aromatic N) is 4. The van der Waals surface area contributed by atoms with Gasteiger partial charge in [0.05, 0.1) is 24.1 Å². The van der Waals surface area contributed by atoms with Gasteiger partial charge in [0.1, 0.15) is 5.75 Å². The first-order chi connectivity index (χ1) is 17.2. The molecule has 0 spiro atoms. The highest BCUT2D eigenvalue weighted by Crippen LogP contribution is 2.32. The lowest BCUT2D eigenvalue weighted by Gasteiger charge is -2.34. The standard InChI is InChI=1S/C26H25F3N4O2S/c1-17-15-33-22(23(30-25(33)36-17)19-4-3-5-21(14-19)35-2)16-31-10-12-32(13-11-31)24(34)18-6-8-20(9-7-18)26(27,28)29/h3-9,14-15H,10-13,16H2,1-2H3. The third kappa shape index (κ3) is 4.83. The van der Waals surface area contributed by atoms with Crippen LogP contribution >= 0.6 is 11.3 Å². The van der Waals surface area contributed by atoms with Crippen molar-refractivity contribution in [2.45, 2.75) is 19.6 Å². The van der Waals surface area contributed by atoms with E-state index in [1.807, 2.05) is 24.3 Å². The molecule has 0 bridgehead atoms. The number of benzene rings is 2. The second-order valence-electron chi connectivity index (χ2n) is 8.78. The Balaban J connectivity index is 1.31. The minimum absolute atomic E-state index is 0.249. The van der Waals surface area contributed by atoms with Crippen LogP contribution in [0.25, 0.3) is 16.2 Å². The number of alkyl halides is 3. The highest BCUT2D eigenvalue weighted by Gasteiger charge is 2.31. The maximum atomic E-state index is 12.9. The highest BCUT2D eigenvalue weighted by atomic mass is 32.1. The summed E-state index contributed by atoms with van der Waals surface area (Å²) in [5.41, 5.74) is 2.47. The van der Waals surface area contributed by atoms with E-state index in [1.54, 1.807) is 23.3 Å². The summed E-state index contributed by atoms with van der Waals surface area (Å²) in [5, 5.41) is 0. The van der Waals surface area contributed by atoms with Gasteiger partial charge in [0, 0.05) is 54.9 Å². The van der Waals surface area contributed by atoms with Crippen molar-refractivity contribution >= 4 is 22.2 Å². The van der Waals surface area contributed by atoms with E-state index in [1.165, 1.54) is 17.0 Å². The Morgan fingerprint density at radius 1 is 1.08 bits per heavy atom. The van der Waals surface area contributed by atoms with Crippen LogP contribution in [-0.2, 0) is 12.7 Å². The number of rotatable bonds is 5. The largest absolute Gasteiger partial charge is 0.497 e. The van der Waals surface area contributed by atoms with Crippen LogP contribution in [0.5, 0.6) is 5.75 Å². The SMILES string of the molecule is COc1cccc(-c2nc3sc(C)cn3c2CN2CCN(C(=O)c3ccc(C(F)(F)F)cc3)CC2)c1. The summed E-state index contributed by atoms with van der Waals surface area (Å²) in [6, 6.07) is 12.3. The van der Waals surface area contributed by atoms with Gasteiger partial charge in [-0.05, 0) is 43.3 Å². The molecule has 3 heterocycles. The van der Waals surface area contributed by atoms with Crippen LogP contribution in [0.2, 0.25) is 0 Å². The topological polar surface area (TPSA) is 50.1 Å². The number of aromatic nitrogens is 2. The predicted octanol–water partition coefficient (Wildman–Crippen LogP) is 5.36. The number of halogens is 3. The Morgan fingerprint density at radius 3 is 2.47 bits per heavy atom. The fraction of sp³-hybridized carbons (Fsp3) is 0.308. The van der Waals surface area contributed by atoms with Crippen molar-refractivity contribution in [3.05, 3.63) is 76.4 Å². The van der Waals surface area contributed by atoms with Gasteiger partial charge < -0.3 is 9.64 Å². The third-order valence-corrected chi connectivity index (χ3v) is 7.27. The number of carbonyl (C=O) groups excluding carboxylic acids is 1. The molecule has 0 N–H and O–H groups in total. The van der Waals surface area contributed by atoms with Gasteiger partial charge in [-0.2, -0.15) is 13.2 Å². The van der Waals surface area contributed by atoms with Gasteiger partial charge in [0.2, 0.25) is 0 Å². The Bertz CT molecular complexity index is 1390. The van der Waals surface area contributed by atoms with Crippen LogP contribution in [0.1, 0.15) is 26.5 Å². The molecule has 1 amide bonds. The van der Waals surface area contributed by atoms with Gasteiger partial charge in [-0.1, -0.05) is 12.1 Å². The van der Waals surface area contributed by atoms with Crippen molar-refractivity contribution in [2.24, 2.45) is 0 Å². The number of fused-ring (bicyclic) bond motifs is 1. The maximum absolute atomic E-state index is 12.9. The monoisotopic (exact) mass is 514 g/mol. The van der Waals surface area contributed by atoms with Crippen molar-refractivity contribution in [2.75, 3.05) is 33.3 Å². The fourth-order valence-corrected chi connectivity index (χ4v) is 5.30. The number of hydrogen-bond donors (Lipinski definition) is 0. The van der Waals surface area contributed by atoms with Gasteiger partial charge >= 0.3 is 6.18 Å². The van der Waals surface area contributed by atoms with Gasteiger partial charge in [-0.15, -0.1) is 11.3 Å². The Morgan fingerprint density at radius 2 is 1.81 bits per heavy atom. The van der Waals surface area contributed by atoms with Crippen LogP contribution in [0, 0.1) is 6.92 Å². The molecule has 10 heteroatoms. The smallest absolute Gasteiger partial charge is 0.416 e. The van der Waals surface area contributed by atoms with Crippen molar-refractivity contribution in [1.29, 1.82) is 0 Å². The lowest BCUT2D eigenvalue weighted by molar-refractivity contribution is -0.137. The first-order valence-electron chi connectivity index (χ1n) is 11.5. The second-order valence-corrected chi connectivity index (χ2v) is 9.99. The molecule has 188 valence electrons.